The van der Waals surface area contributed by atoms with Crippen molar-refractivity contribution in [1.82, 2.24) is 0 Å². The number of rotatable bonds is 3. The van der Waals surface area contributed by atoms with Gasteiger partial charge in [0.25, 0.3) is 0 Å². The van der Waals surface area contributed by atoms with Crippen LogP contribution in [0.3, 0.4) is 0 Å². The van der Waals surface area contributed by atoms with E-state index < -0.39 is 18.0 Å². The van der Waals surface area contributed by atoms with Gasteiger partial charge in [-0.1, -0.05) is 11.6 Å². The fourth-order valence-electron chi connectivity index (χ4n) is 1.58. The predicted molar refractivity (Wildman–Crippen MR) is 64.6 cm³/mol. The van der Waals surface area contributed by atoms with E-state index in [4.69, 9.17) is 21.1 Å². The lowest BCUT2D eigenvalue weighted by molar-refractivity contribution is -0.385. The van der Waals surface area contributed by atoms with Crippen LogP contribution in [0.15, 0.2) is 18.2 Å². The van der Waals surface area contributed by atoms with Crippen LogP contribution in [0.4, 0.5) is 10.1 Å². The van der Waals surface area contributed by atoms with Gasteiger partial charge in [0, 0.05) is 5.69 Å². The van der Waals surface area contributed by atoms with Crippen molar-refractivity contribution in [3.8, 4) is 0 Å². The molecule has 4 nitrogen and oxygen atoms in total. The van der Waals surface area contributed by atoms with Gasteiger partial charge in [-0.2, -0.15) is 0 Å². The number of hydrogen-bond acceptors (Lipinski definition) is 3. The first-order valence-electron chi connectivity index (χ1n) is 5.54. The van der Waals surface area contributed by atoms with Gasteiger partial charge in [-0.05, 0) is 32.0 Å². The molecule has 1 aliphatic rings. The molecule has 1 aromatic carbocycles. The SMILES string of the molecule is CC1OC(C(C)C(=O)Nc2ccc(Cl)c(F)c2)O1. The van der Waals surface area contributed by atoms with E-state index >= 15 is 0 Å². The van der Waals surface area contributed by atoms with Crippen LogP contribution < -0.4 is 5.32 Å². The van der Waals surface area contributed by atoms with Gasteiger partial charge in [-0.15, -0.1) is 0 Å². The van der Waals surface area contributed by atoms with Crippen LogP contribution >= 0.6 is 11.6 Å². The molecule has 0 saturated carbocycles. The van der Waals surface area contributed by atoms with E-state index in [9.17, 15) is 9.18 Å². The largest absolute Gasteiger partial charge is 0.326 e. The second kappa shape index (κ2) is 5.22. The number of amides is 1. The van der Waals surface area contributed by atoms with Crippen molar-refractivity contribution in [2.75, 3.05) is 5.32 Å². The highest BCUT2D eigenvalue weighted by Crippen LogP contribution is 2.25. The van der Waals surface area contributed by atoms with Crippen molar-refractivity contribution in [3.05, 3.63) is 29.0 Å². The summed E-state index contributed by atoms with van der Waals surface area (Å²) in [6.45, 7) is 3.42. The van der Waals surface area contributed by atoms with Crippen molar-refractivity contribution < 1.29 is 18.7 Å². The number of ether oxygens (including phenoxy) is 2. The third-order valence-corrected chi connectivity index (χ3v) is 2.97. The van der Waals surface area contributed by atoms with Crippen LogP contribution in [0, 0.1) is 11.7 Å². The Morgan fingerprint density at radius 2 is 2.17 bits per heavy atom. The number of anilines is 1. The molecule has 1 N–H and O–H groups in total. The van der Waals surface area contributed by atoms with Crippen molar-refractivity contribution in [3.63, 3.8) is 0 Å². The summed E-state index contributed by atoms with van der Waals surface area (Å²) in [5.74, 6) is -1.35. The molecule has 0 spiro atoms. The molecule has 0 aliphatic carbocycles. The normalized spacial score (nSPS) is 24.2. The molecule has 1 aliphatic heterocycles. The maximum atomic E-state index is 13.2. The summed E-state index contributed by atoms with van der Waals surface area (Å²) < 4.78 is 23.6. The molecule has 0 radical (unpaired) electrons. The summed E-state index contributed by atoms with van der Waals surface area (Å²) in [4.78, 5) is 11.8. The van der Waals surface area contributed by atoms with Crippen LogP contribution in [0.5, 0.6) is 0 Å². The average molecular weight is 274 g/mol. The Balaban J connectivity index is 1.96. The zero-order valence-corrected chi connectivity index (χ0v) is 10.7. The van der Waals surface area contributed by atoms with Crippen LogP contribution in [0.25, 0.3) is 0 Å². The first-order chi connectivity index (χ1) is 8.47. The van der Waals surface area contributed by atoms with Crippen molar-refractivity contribution in [1.29, 1.82) is 0 Å². The van der Waals surface area contributed by atoms with Gasteiger partial charge in [0.1, 0.15) is 5.82 Å². The maximum absolute atomic E-state index is 13.2. The quantitative estimate of drug-likeness (QED) is 0.921. The zero-order chi connectivity index (χ0) is 13.3. The molecule has 1 fully saturated rings. The molecule has 98 valence electrons. The minimum absolute atomic E-state index is 0.0144. The summed E-state index contributed by atoms with van der Waals surface area (Å²) in [5.41, 5.74) is 0.348. The Morgan fingerprint density at radius 3 is 2.72 bits per heavy atom. The first-order valence-corrected chi connectivity index (χ1v) is 5.92. The minimum Gasteiger partial charge on any atom is -0.326 e. The fraction of sp³-hybridized carbons (Fsp3) is 0.417. The van der Waals surface area contributed by atoms with Gasteiger partial charge < -0.3 is 14.8 Å². The first kappa shape index (κ1) is 13.3. The van der Waals surface area contributed by atoms with Crippen molar-refractivity contribution in [2.24, 2.45) is 5.92 Å². The monoisotopic (exact) mass is 273 g/mol. The van der Waals surface area contributed by atoms with E-state index in [-0.39, 0.29) is 17.2 Å². The number of nitrogens with one attached hydrogen (secondary N) is 1. The van der Waals surface area contributed by atoms with E-state index in [1.807, 2.05) is 0 Å². The van der Waals surface area contributed by atoms with Crippen LogP contribution in [-0.2, 0) is 14.3 Å². The summed E-state index contributed by atoms with van der Waals surface area (Å²) in [6, 6.07) is 4.08. The van der Waals surface area contributed by atoms with Crippen LogP contribution in [0.1, 0.15) is 13.8 Å². The van der Waals surface area contributed by atoms with Gasteiger partial charge >= 0.3 is 0 Å². The van der Waals surface area contributed by atoms with E-state index in [0.29, 0.717) is 5.69 Å². The molecule has 6 heteroatoms. The smallest absolute Gasteiger partial charge is 0.232 e. The van der Waals surface area contributed by atoms with E-state index in [1.165, 1.54) is 12.1 Å². The maximum Gasteiger partial charge on any atom is 0.232 e. The van der Waals surface area contributed by atoms with Crippen LogP contribution in [-0.4, -0.2) is 18.5 Å². The fourth-order valence-corrected chi connectivity index (χ4v) is 1.69. The second-order valence-electron chi connectivity index (χ2n) is 4.11. The summed E-state index contributed by atoms with van der Waals surface area (Å²) in [5, 5.41) is 2.59. The summed E-state index contributed by atoms with van der Waals surface area (Å²) in [7, 11) is 0. The van der Waals surface area contributed by atoms with E-state index in [1.54, 1.807) is 13.8 Å². The Labute approximate surface area is 109 Å². The lowest BCUT2D eigenvalue weighted by Gasteiger charge is -2.36. The number of carbonyl (C=O) groups excluding carboxylic acids is 1. The molecule has 0 bridgehead atoms. The molecule has 2 rings (SSSR count). The number of carbonyl (C=O) groups is 1. The van der Waals surface area contributed by atoms with E-state index in [0.717, 1.165) is 6.07 Å². The molecule has 1 unspecified atom stereocenters. The number of halogens is 2. The average Bonchev–Trinajstić information content (AvgIpc) is 2.29. The van der Waals surface area contributed by atoms with Gasteiger partial charge in [-0.3, -0.25) is 4.79 Å². The highest BCUT2D eigenvalue weighted by atomic mass is 35.5. The number of benzene rings is 1. The minimum atomic E-state index is -0.577. The second-order valence-corrected chi connectivity index (χ2v) is 4.52. The molecule has 1 amide bonds. The molecule has 1 saturated heterocycles. The summed E-state index contributed by atoms with van der Waals surface area (Å²) >= 11 is 5.55. The standard InChI is InChI=1S/C12H13ClFNO3/c1-6(12-17-7(2)18-12)11(16)15-8-3-4-9(13)10(14)5-8/h3-7,12H,1-2H3,(H,15,16). The lowest BCUT2D eigenvalue weighted by atomic mass is 10.1. The Hall–Kier alpha value is -1.17. The molecule has 0 aromatic heterocycles. The van der Waals surface area contributed by atoms with E-state index in [2.05, 4.69) is 5.32 Å². The van der Waals surface area contributed by atoms with Crippen LogP contribution in [0.2, 0.25) is 5.02 Å². The molecule has 1 aromatic rings. The molecule has 1 heterocycles. The molecular formula is C12H13ClFNO3. The lowest BCUT2D eigenvalue weighted by Crippen LogP contribution is -2.46. The van der Waals surface area contributed by atoms with Crippen molar-refractivity contribution >= 4 is 23.2 Å². The molecule has 18 heavy (non-hydrogen) atoms. The van der Waals surface area contributed by atoms with Crippen molar-refractivity contribution in [2.45, 2.75) is 26.4 Å². The predicted octanol–water partition coefficient (Wildman–Crippen LogP) is 2.77. The number of hydrogen-bond donors (Lipinski definition) is 1. The Kier molecular flexibility index (Phi) is 3.85. The highest BCUT2D eigenvalue weighted by Gasteiger charge is 2.35. The zero-order valence-electron chi connectivity index (χ0n) is 9.94. The highest BCUT2D eigenvalue weighted by molar-refractivity contribution is 6.30. The van der Waals surface area contributed by atoms with Gasteiger partial charge in [0.2, 0.25) is 5.91 Å². The molecular weight excluding hydrogens is 261 g/mol. The van der Waals surface area contributed by atoms with Gasteiger partial charge in [0.05, 0.1) is 10.9 Å². The third-order valence-electron chi connectivity index (χ3n) is 2.66. The third kappa shape index (κ3) is 2.80. The Morgan fingerprint density at radius 1 is 1.50 bits per heavy atom. The summed E-state index contributed by atoms with van der Waals surface area (Å²) in [6.07, 6.45) is -0.824. The van der Waals surface area contributed by atoms with Gasteiger partial charge in [0.15, 0.2) is 12.6 Å². The Bertz CT molecular complexity index is 463. The topological polar surface area (TPSA) is 47.6 Å². The molecule has 1 atom stereocenters. The van der Waals surface area contributed by atoms with Gasteiger partial charge in [-0.25, -0.2) is 4.39 Å².